The topological polar surface area (TPSA) is 68.0 Å². The molecule has 1 unspecified atom stereocenters. The Labute approximate surface area is 109 Å². The van der Waals surface area contributed by atoms with Gasteiger partial charge in [0.05, 0.1) is 6.04 Å². The minimum absolute atomic E-state index is 0.0123. The summed E-state index contributed by atoms with van der Waals surface area (Å²) in [7, 11) is 0. The van der Waals surface area contributed by atoms with Gasteiger partial charge in [0.15, 0.2) is 0 Å². The van der Waals surface area contributed by atoms with Crippen molar-refractivity contribution in [1.29, 1.82) is 0 Å². The summed E-state index contributed by atoms with van der Waals surface area (Å²) in [5.41, 5.74) is 6.98. The lowest BCUT2D eigenvalue weighted by Crippen LogP contribution is -2.40. The van der Waals surface area contributed by atoms with E-state index in [2.05, 4.69) is 10.3 Å². The Bertz CT molecular complexity index is 384. The van der Waals surface area contributed by atoms with Gasteiger partial charge in [-0.15, -0.1) is 0 Å². The van der Waals surface area contributed by atoms with E-state index >= 15 is 0 Å². The third-order valence-electron chi connectivity index (χ3n) is 3.10. The highest BCUT2D eigenvalue weighted by Gasteiger charge is 2.23. The van der Waals surface area contributed by atoms with Crippen LogP contribution in [0.4, 0.5) is 0 Å². The summed E-state index contributed by atoms with van der Waals surface area (Å²) in [6.45, 7) is 8.07. The maximum absolute atomic E-state index is 11.9. The molecule has 0 saturated carbocycles. The second-order valence-corrected chi connectivity index (χ2v) is 5.75. The van der Waals surface area contributed by atoms with Gasteiger partial charge in [0.25, 0.3) is 0 Å². The number of hydrogen-bond donors (Lipinski definition) is 2. The number of aromatic nitrogens is 1. The smallest absolute Gasteiger partial charge is 0.222 e. The number of carbonyl (C=O) groups excluding carboxylic acids is 1. The maximum atomic E-state index is 11.9. The van der Waals surface area contributed by atoms with Crippen LogP contribution in [0.5, 0.6) is 0 Å². The molecule has 0 aliphatic rings. The molecule has 0 aromatic carbocycles. The van der Waals surface area contributed by atoms with Crippen molar-refractivity contribution < 1.29 is 4.79 Å². The van der Waals surface area contributed by atoms with Gasteiger partial charge in [0.2, 0.25) is 5.91 Å². The van der Waals surface area contributed by atoms with Gasteiger partial charge in [-0.05, 0) is 30.0 Å². The van der Waals surface area contributed by atoms with Crippen LogP contribution in [0.2, 0.25) is 0 Å². The van der Waals surface area contributed by atoms with Crippen LogP contribution in [-0.2, 0) is 4.79 Å². The highest BCUT2D eigenvalue weighted by molar-refractivity contribution is 5.77. The first-order chi connectivity index (χ1) is 8.30. The highest BCUT2D eigenvalue weighted by atomic mass is 16.1. The molecule has 0 saturated heterocycles. The lowest BCUT2D eigenvalue weighted by atomic mass is 9.85. The number of hydrogen-bond acceptors (Lipinski definition) is 3. The fraction of sp³-hybridized carbons (Fsp3) is 0.571. The predicted molar refractivity (Wildman–Crippen MR) is 72.8 cm³/mol. The van der Waals surface area contributed by atoms with E-state index in [0.717, 1.165) is 5.56 Å². The van der Waals surface area contributed by atoms with Crippen molar-refractivity contribution in [1.82, 2.24) is 10.3 Å². The summed E-state index contributed by atoms with van der Waals surface area (Å²) >= 11 is 0. The molecule has 0 fully saturated rings. The number of amides is 1. The Kier molecular flexibility index (Phi) is 4.84. The van der Waals surface area contributed by atoms with E-state index in [9.17, 15) is 4.79 Å². The van der Waals surface area contributed by atoms with Gasteiger partial charge in [-0.2, -0.15) is 0 Å². The summed E-state index contributed by atoms with van der Waals surface area (Å²) < 4.78 is 0. The van der Waals surface area contributed by atoms with Crippen LogP contribution in [0.25, 0.3) is 0 Å². The second-order valence-electron chi connectivity index (χ2n) is 5.75. The van der Waals surface area contributed by atoms with E-state index in [1.165, 1.54) is 0 Å². The van der Waals surface area contributed by atoms with Crippen LogP contribution in [0.1, 0.15) is 45.7 Å². The summed E-state index contributed by atoms with van der Waals surface area (Å²) in [6, 6.07) is 3.64. The van der Waals surface area contributed by atoms with E-state index in [0.29, 0.717) is 6.42 Å². The number of nitrogens with zero attached hydrogens (tertiary/aromatic N) is 1. The van der Waals surface area contributed by atoms with Gasteiger partial charge in [0.1, 0.15) is 0 Å². The van der Waals surface area contributed by atoms with Gasteiger partial charge < -0.3 is 11.1 Å². The highest BCUT2D eigenvalue weighted by Crippen LogP contribution is 2.20. The molecule has 0 bridgehead atoms. The molecular formula is C14H23N3O. The van der Waals surface area contributed by atoms with E-state index in [4.69, 9.17) is 5.73 Å². The quantitative estimate of drug-likeness (QED) is 0.858. The normalized spacial score (nSPS) is 14.9. The van der Waals surface area contributed by atoms with Crippen molar-refractivity contribution in [3.05, 3.63) is 30.1 Å². The molecule has 1 aromatic rings. The molecule has 100 valence electrons. The molecule has 4 heteroatoms. The number of rotatable bonds is 4. The van der Waals surface area contributed by atoms with Gasteiger partial charge in [-0.1, -0.05) is 20.8 Å². The molecule has 3 N–H and O–H groups in total. The molecular weight excluding hydrogens is 226 g/mol. The van der Waals surface area contributed by atoms with E-state index < -0.39 is 0 Å². The maximum Gasteiger partial charge on any atom is 0.222 e. The zero-order valence-electron chi connectivity index (χ0n) is 11.6. The van der Waals surface area contributed by atoms with Gasteiger partial charge in [0, 0.05) is 24.9 Å². The SMILES string of the molecule is C[C@H](NC(=O)CC(N)C(C)(C)C)c1ccncc1. The first kappa shape index (κ1) is 14.6. The molecule has 4 nitrogen and oxygen atoms in total. The predicted octanol–water partition coefficient (Wildman–Crippen LogP) is 2.02. The monoisotopic (exact) mass is 249 g/mol. The molecule has 1 heterocycles. The van der Waals surface area contributed by atoms with Crippen LogP contribution in [0, 0.1) is 5.41 Å². The lowest BCUT2D eigenvalue weighted by Gasteiger charge is -2.27. The molecule has 1 rings (SSSR count). The molecule has 2 atom stereocenters. The molecule has 0 aliphatic carbocycles. The second kappa shape index (κ2) is 5.96. The van der Waals surface area contributed by atoms with E-state index in [-0.39, 0.29) is 23.4 Å². The van der Waals surface area contributed by atoms with Gasteiger partial charge in [-0.3, -0.25) is 9.78 Å². The summed E-state index contributed by atoms with van der Waals surface area (Å²) in [5, 5.41) is 2.95. The minimum Gasteiger partial charge on any atom is -0.350 e. The Balaban J connectivity index is 2.51. The third kappa shape index (κ3) is 4.45. The fourth-order valence-electron chi connectivity index (χ4n) is 1.54. The zero-order chi connectivity index (χ0) is 13.8. The van der Waals surface area contributed by atoms with Crippen LogP contribution < -0.4 is 11.1 Å². The minimum atomic E-state index is -0.137. The van der Waals surface area contributed by atoms with Gasteiger partial charge >= 0.3 is 0 Å². The largest absolute Gasteiger partial charge is 0.350 e. The molecule has 0 aliphatic heterocycles. The Morgan fingerprint density at radius 3 is 2.44 bits per heavy atom. The van der Waals surface area contributed by atoms with E-state index in [1.54, 1.807) is 12.4 Å². The number of carbonyl (C=O) groups is 1. The lowest BCUT2D eigenvalue weighted by molar-refractivity contribution is -0.122. The Morgan fingerprint density at radius 2 is 1.94 bits per heavy atom. The average molecular weight is 249 g/mol. The van der Waals surface area contributed by atoms with Crippen molar-refractivity contribution in [2.24, 2.45) is 11.1 Å². The van der Waals surface area contributed by atoms with Crippen molar-refractivity contribution in [3.63, 3.8) is 0 Å². The number of pyridine rings is 1. The average Bonchev–Trinajstić information content (AvgIpc) is 2.28. The van der Waals surface area contributed by atoms with Crippen molar-refractivity contribution in [2.45, 2.75) is 46.2 Å². The zero-order valence-corrected chi connectivity index (χ0v) is 11.6. The number of nitrogens with one attached hydrogen (secondary N) is 1. The van der Waals surface area contributed by atoms with Crippen molar-refractivity contribution in [2.75, 3.05) is 0 Å². The summed E-state index contributed by atoms with van der Waals surface area (Å²) in [4.78, 5) is 15.8. The third-order valence-corrected chi connectivity index (χ3v) is 3.10. The summed E-state index contributed by atoms with van der Waals surface area (Å²) in [5.74, 6) is -0.0123. The molecule has 18 heavy (non-hydrogen) atoms. The number of nitrogens with two attached hydrogens (primary N) is 1. The summed E-state index contributed by atoms with van der Waals surface area (Å²) in [6.07, 6.45) is 3.79. The van der Waals surface area contributed by atoms with Gasteiger partial charge in [-0.25, -0.2) is 0 Å². The van der Waals surface area contributed by atoms with Crippen LogP contribution in [0.3, 0.4) is 0 Å². The van der Waals surface area contributed by atoms with Crippen LogP contribution in [-0.4, -0.2) is 16.9 Å². The first-order valence-electron chi connectivity index (χ1n) is 6.25. The first-order valence-corrected chi connectivity index (χ1v) is 6.25. The molecule has 0 spiro atoms. The van der Waals surface area contributed by atoms with Crippen molar-refractivity contribution >= 4 is 5.91 Å². The molecule has 0 radical (unpaired) electrons. The van der Waals surface area contributed by atoms with Crippen LogP contribution >= 0.6 is 0 Å². The molecule has 1 amide bonds. The fourth-order valence-corrected chi connectivity index (χ4v) is 1.54. The standard InChI is InChI=1S/C14H23N3O/c1-10(11-5-7-16-8-6-11)17-13(18)9-12(15)14(2,3)4/h5-8,10,12H,9,15H2,1-4H3,(H,17,18)/t10-,12?/m0/s1. The molecule has 1 aromatic heterocycles. The Morgan fingerprint density at radius 1 is 1.39 bits per heavy atom. The van der Waals surface area contributed by atoms with Crippen LogP contribution in [0.15, 0.2) is 24.5 Å². The van der Waals surface area contributed by atoms with E-state index in [1.807, 2.05) is 39.8 Å². The van der Waals surface area contributed by atoms with Crippen molar-refractivity contribution in [3.8, 4) is 0 Å². The Hall–Kier alpha value is -1.42.